The molecule has 1 aliphatic rings. The van der Waals surface area contributed by atoms with E-state index < -0.39 is 0 Å². The van der Waals surface area contributed by atoms with Crippen LogP contribution in [0.5, 0.6) is 11.5 Å². The Labute approximate surface area is 205 Å². The maximum absolute atomic E-state index is 5.77. The van der Waals surface area contributed by atoms with Gasteiger partial charge in [0.25, 0.3) is 0 Å². The first-order valence-corrected chi connectivity index (χ1v) is 10.6. The van der Waals surface area contributed by atoms with Crippen LogP contribution in [0.4, 0.5) is 0 Å². The van der Waals surface area contributed by atoms with Crippen LogP contribution in [-0.4, -0.2) is 30.7 Å². The first-order valence-electron chi connectivity index (χ1n) is 10.6. The summed E-state index contributed by atoms with van der Waals surface area (Å²) in [6.07, 6.45) is 2.57. The molecule has 1 aliphatic heterocycles. The van der Waals surface area contributed by atoms with E-state index in [1.807, 2.05) is 49.4 Å². The Morgan fingerprint density at radius 2 is 1.81 bits per heavy atom. The largest absolute Gasteiger partial charge is 0.490 e. The number of guanidine groups is 1. The smallest absolute Gasteiger partial charge is 0.226 e. The summed E-state index contributed by atoms with van der Waals surface area (Å²) in [6.45, 7) is 7.26. The van der Waals surface area contributed by atoms with Gasteiger partial charge in [0.15, 0.2) is 17.5 Å². The third-order valence-corrected chi connectivity index (χ3v) is 4.86. The summed E-state index contributed by atoms with van der Waals surface area (Å²) in [5.41, 5.74) is 4.05. The van der Waals surface area contributed by atoms with Crippen LogP contribution < -0.4 is 20.1 Å². The van der Waals surface area contributed by atoms with Gasteiger partial charge in [-0.2, -0.15) is 0 Å². The number of aryl methyl sites for hydroxylation is 1. The summed E-state index contributed by atoms with van der Waals surface area (Å²) in [7, 11) is 0. The number of ether oxygens (including phenoxy) is 2. The Morgan fingerprint density at radius 3 is 2.59 bits per heavy atom. The SMILES string of the molecule is CCNC(=NCc1ccc2c(c1)OCCCO2)NCc1coc(-c2ccc(C)cc2)n1.I. The number of fused-ring (bicyclic) bond motifs is 1. The molecule has 32 heavy (non-hydrogen) atoms. The van der Waals surface area contributed by atoms with E-state index >= 15 is 0 Å². The van der Waals surface area contributed by atoms with Crippen LogP contribution in [0.2, 0.25) is 0 Å². The van der Waals surface area contributed by atoms with Crippen molar-refractivity contribution in [2.75, 3.05) is 19.8 Å². The van der Waals surface area contributed by atoms with Crippen molar-refractivity contribution in [3.63, 3.8) is 0 Å². The number of hydrogen-bond acceptors (Lipinski definition) is 5. The van der Waals surface area contributed by atoms with Gasteiger partial charge >= 0.3 is 0 Å². The predicted octanol–water partition coefficient (Wildman–Crippen LogP) is 4.68. The second-order valence-corrected chi connectivity index (χ2v) is 7.39. The number of aromatic nitrogens is 1. The lowest BCUT2D eigenvalue weighted by molar-refractivity contribution is 0.297. The monoisotopic (exact) mass is 548 g/mol. The highest BCUT2D eigenvalue weighted by atomic mass is 127. The highest BCUT2D eigenvalue weighted by Crippen LogP contribution is 2.30. The van der Waals surface area contributed by atoms with Crippen LogP contribution in [0.3, 0.4) is 0 Å². The third-order valence-electron chi connectivity index (χ3n) is 4.86. The molecule has 3 aromatic rings. The Kier molecular flexibility index (Phi) is 8.78. The maximum atomic E-state index is 5.77. The second-order valence-electron chi connectivity index (χ2n) is 7.39. The van der Waals surface area contributed by atoms with Gasteiger partial charge in [-0.1, -0.05) is 23.8 Å². The molecular weight excluding hydrogens is 519 g/mol. The van der Waals surface area contributed by atoms with Crippen molar-refractivity contribution in [1.82, 2.24) is 15.6 Å². The molecule has 2 heterocycles. The average molecular weight is 548 g/mol. The molecule has 2 aromatic carbocycles. The third kappa shape index (κ3) is 6.38. The number of halogens is 1. The van der Waals surface area contributed by atoms with Gasteiger partial charge in [0.1, 0.15) is 6.26 Å². The Morgan fingerprint density at radius 1 is 1.03 bits per heavy atom. The van der Waals surface area contributed by atoms with E-state index in [0.29, 0.717) is 32.2 Å². The summed E-state index contributed by atoms with van der Waals surface area (Å²) in [4.78, 5) is 9.26. The molecule has 0 saturated heterocycles. The first kappa shape index (κ1) is 23.9. The standard InChI is InChI=1S/C24H28N4O3.HI/c1-3-25-24(26-14-18-7-10-21-22(13-18)30-12-4-11-29-21)27-15-20-16-31-23(28-20)19-8-5-17(2)6-9-19;/h5-10,13,16H,3-4,11-12,14-15H2,1-2H3,(H2,25,26,27);1H. The number of rotatable bonds is 6. The van der Waals surface area contributed by atoms with Crippen molar-refractivity contribution in [2.24, 2.45) is 4.99 Å². The van der Waals surface area contributed by atoms with Crippen molar-refractivity contribution in [3.8, 4) is 23.0 Å². The molecule has 2 N–H and O–H groups in total. The van der Waals surface area contributed by atoms with Gasteiger partial charge in [-0.05, 0) is 43.7 Å². The van der Waals surface area contributed by atoms with Gasteiger partial charge in [0.2, 0.25) is 5.89 Å². The average Bonchev–Trinajstić information content (AvgIpc) is 3.13. The van der Waals surface area contributed by atoms with E-state index in [0.717, 1.165) is 47.2 Å². The summed E-state index contributed by atoms with van der Waals surface area (Å²) >= 11 is 0. The summed E-state index contributed by atoms with van der Waals surface area (Å²) in [5, 5.41) is 6.58. The Balaban J connectivity index is 0.00000289. The number of oxazole rings is 1. The topological polar surface area (TPSA) is 80.9 Å². The predicted molar refractivity (Wildman–Crippen MR) is 136 cm³/mol. The van der Waals surface area contributed by atoms with Gasteiger partial charge in [-0.15, -0.1) is 24.0 Å². The van der Waals surface area contributed by atoms with E-state index in [-0.39, 0.29) is 24.0 Å². The van der Waals surface area contributed by atoms with Crippen molar-refractivity contribution < 1.29 is 13.9 Å². The molecule has 1 aromatic heterocycles. The molecule has 170 valence electrons. The lowest BCUT2D eigenvalue weighted by Crippen LogP contribution is -2.36. The molecule has 0 atom stereocenters. The molecular formula is C24H29IN4O3. The van der Waals surface area contributed by atoms with E-state index in [4.69, 9.17) is 13.9 Å². The second kappa shape index (κ2) is 11.8. The van der Waals surface area contributed by atoms with Crippen molar-refractivity contribution in [2.45, 2.75) is 33.4 Å². The minimum absolute atomic E-state index is 0. The summed E-state index contributed by atoms with van der Waals surface area (Å²) < 4.78 is 17.1. The minimum Gasteiger partial charge on any atom is -0.490 e. The molecule has 4 rings (SSSR count). The van der Waals surface area contributed by atoms with Crippen LogP contribution in [0.1, 0.15) is 30.2 Å². The van der Waals surface area contributed by atoms with Crippen LogP contribution in [0.15, 0.2) is 58.1 Å². The molecule has 0 amide bonds. The maximum Gasteiger partial charge on any atom is 0.226 e. The number of nitrogens with one attached hydrogen (secondary N) is 2. The van der Waals surface area contributed by atoms with Crippen LogP contribution in [0.25, 0.3) is 11.5 Å². The highest BCUT2D eigenvalue weighted by Gasteiger charge is 2.11. The number of hydrogen-bond donors (Lipinski definition) is 2. The summed E-state index contributed by atoms with van der Waals surface area (Å²) in [6, 6.07) is 14.1. The minimum atomic E-state index is 0. The van der Waals surface area contributed by atoms with E-state index in [1.165, 1.54) is 5.56 Å². The van der Waals surface area contributed by atoms with Crippen molar-refractivity contribution in [1.29, 1.82) is 0 Å². The van der Waals surface area contributed by atoms with Crippen LogP contribution >= 0.6 is 24.0 Å². The van der Waals surface area contributed by atoms with Gasteiger partial charge in [0, 0.05) is 18.5 Å². The van der Waals surface area contributed by atoms with E-state index in [9.17, 15) is 0 Å². The lowest BCUT2D eigenvalue weighted by atomic mass is 10.1. The molecule has 0 aliphatic carbocycles. The zero-order chi connectivity index (χ0) is 21.5. The molecule has 0 spiro atoms. The fourth-order valence-corrected chi connectivity index (χ4v) is 3.21. The summed E-state index contributed by atoms with van der Waals surface area (Å²) in [5.74, 6) is 2.92. The van der Waals surface area contributed by atoms with Crippen molar-refractivity contribution in [3.05, 3.63) is 65.5 Å². The van der Waals surface area contributed by atoms with Crippen molar-refractivity contribution >= 4 is 29.9 Å². The van der Waals surface area contributed by atoms with Crippen LogP contribution in [0, 0.1) is 6.92 Å². The lowest BCUT2D eigenvalue weighted by Gasteiger charge is -2.11. The fraction of sp³-hybridized carbons (Fsp3) is 0.333. The Bertz CT molecular complexity index is 1030. The van der Waals surface area contributed by atoms with Gasteiger partial charge in [0.05, 0.1) is 32.0 Å². The zero-order valence-corrected chi connectivity index (χ0v) is 20.7. The van der Waals surface area contributed by atoms with Crippen LogP contribution in [-0.2, 0) is 13.1 Å². The van der Waals surface area contributed by atoms with Gasteiger partial charge in [-0.3, -0.25) is 0 Å². The first-order chi connectivity index (χ1) is 15.2. The van der Waals surface area contributed by atoms with Gasteiger partial charge in [-0.25, -0.2) is 9.98 Å². The molecule has 7 nitrogen and oxygen atoms in total. The molecule has 0 bridgehead atoms. The highest BCUT2D eigenvalue weighted by molar-refractivity contribution is 14.0. The van der Waals surface area contributed by atoms with E-state index in [1.54, 1.807) is 6.26 Å². The molecule has 0 radical (unpaired) electrons. The quantitative estimate of drug-likeness (QED) is 0.265. The fourth-order valence-electron chi connectivity index (χ4n) is 3.21. The van der Waals surface area contributed by atoms with Gasteiger partial charge < -0.3 is 24.5 Å². The Hall–Kier alpha value is -2.75. The number of aliphatic imine (C=N–C) groups is 1. The molecule has 0 unspecified atom stereocenters. The number of nitrogens with zero attached hydrogens (tertiary/aromatic N) is 2. The zero-order valence-electron chi connectivity index (χ0n) is 18.4. The van der Waals surface area contributed by atoms with E-state index in [2.05, 4.69) is 27.5 Å². The molecule has 0 fully saturated rings. The normalized spacial score (nSPS) is 13.1. The molecule has 8 heteroatoms. The molecule has 0 saturated carbocycles. The number of benzene rings is 2.